The molecule has 2 aromatic carbocycles. The molecule has 5 nitrogen and oxygen atoms in total. The fourth-order valence-electron chi connectivity index (χ4n) is 4.94. The number of ether oxygens (including phenoxy) is 1. The third kappa shape index (κ3) is 4.16. The molecule has 0 radical (unpaired) electrons. The Labute approximate surface area is 185 Å². The number of Topliss-reactive ketones (excluding diaryl/α,β-unsaturated/α-hetero) is 1. The summed E-state index contributed by atoms with van der Waals surface area (Å²) in [4.78, 5) is 40.3. The number of halogens is 2. The van der Waals surface area contributed by atoms with Gasteiger partial charge < -0.3 is 4.74 Å². The minimum absolute atomic E-state index is 0.0712. The highest BCUT2D eigenvalue weighted by atomic mass is 19.1. The minimum Gasteiger partial charge on any atom is -0.447 e. The van der Waals surface area contributed by atoms with E-state index in [0.29, 0.717) is 17.5 Å². The zero-order valence-corrected chi connectivity index (χ0v) is 18.0. The lowest BCUT2D eigenvalue weighted by atomic mass is 9.79. The number of ketones is 1. The van der Waals surface area contributed by atoms with Gasteiger partial charge in [-0.25, -0.2) is 18.5 Å². The lowest BCUT2D eigenvalue weighted by Crippen LogP contribution is -2.45. The van der Waals surface area contributed by atoms with Crippen molar-refractivity contribution >= 4 is 17.8 Å². The van der Waals surface area contributed by atoms with Crippen LogP contribution >= 0.6 is 0 Å². The van der Waals surface area contributed by atoms with Crippen molar-refractivity contribution in [3.8, 4) is 0 Å². The van der Waals surface area contributed by atoms with Gasteiger partial charge in [-0.2, -0.15) is 0 Å². The van der Waals surface area contributed by atoms with Crippen LogP contribution in [0.3, 0.4) is 0 Å². The lowest BCUT2D eigenvalue weighted by Gasteiger charge is -2.28. The quantitative estimate of drug-likeness (QED) is 0.625. The Balaban J connectivity index is 1.74. The molecule has 1 heterocycles. The molecule has 1 saturated carbocycles. The number of nitrogens with zero attached hydrogens (tertiary/aromatic N) is 1. The summed E-state index contributed by atoms with van der Waals surface area (Å²) in [6.07, 6.45) is -0.0976. The Hall–Kier alpha value is -3.09. The smallest absolute Gasteiger partial charge is 0.416 e. The first-order valence-corrected chi connectivity index (χ1v) is 10.8. The van der Waals surface area contributed by atoms with Gasteiger partial charge in [0.15, 0.2) is 0 Å². The molecule has 0 bridgehead atoms. The highest BCUT2D eigenvalue weighted by molar-refractivity contribution is 6.09. The van der Waals surface area contributed by atoms with Gasteiger partial charge >= 0.3 is 6.09 Å². The monoisotopic (exact) mass is 441 g/mol. The number of carbonyl (C=O) groups is 3. The zero-order valence-electron chi connectivity index (χ0n) is 18.0. The number of carbonyl (C=O) groups excluding carboxylic acids is 3. The fraction of sp³-hybridized carbons (Fsp3) is 0.400. The van der Waals surface area contributed by atoms with Crippen LogP contribution in [0.25, 0.3) is 0 Å². The molecule has 4 rings (SSSR count). The number of imide groups is 1. The molecule has 32 heavy (non-hydrogen) atoms. The van der Waals surface area contributed by atoms with Crippen molar-refractivity contribution in [3.05, 3.63) is 71.3 Å². The standard InChI is InChI=1S/C25H25F2NO4/c1-14(2)11-19-13-32-25(31)28(19)24(30)23-21(29)12-20(15-3-7-17(26)8-4-15)22(23)16-5-9-18(27)10-6-16/h3-10,14,19-20,22-23H,11-13H2,1-2H3/t19-,20-,22-,23-/m0/s1. The largest absolute Gasteiger partial charge is 0.447 e. The number of benzene rings is 2. The predicted octanol–water partition coefficient (Wildman–Crippen LogP) is 4.81. The van der Waals surface area contributed by atoms with Gasteiger partial charge in [-0.3, -0.25) is 9.59 Å². The molecule has 1 aliphatic heterocycles. The molecular weight excluding hydrogens is 416 g/mol. The SMILES string of the molecule is CC(C)C[C@H]1COC(=O)N1C(=O)[C@H]1C(=O)C[C@@H](c2ccc(F)cc2)[C@@H]1c1ccc(F)cc1. The number of rotatable bonds is 5. The predicted molar refractivity (Wildman–Crippen MR) is 113 cm³/mol. The molecule has 0 unspecified atom stereocenters. The molecular formula is C25H25F2NO4. The third-order valence-corrected chi connectivity index (χ3v) is 6.32. The van der Waals surface area contributed by atoms with E-state index in [2.05, 4.69) is 0 Å². The highest BCUT2D eigenvalue weighted by Gasteiger charge is 2.52. The van der Waals surface area contributed by atoms with E-state index in [0.717, 1.165) is 4.90 Å². The molecule has 4 atom stereocenters. The van der Waals surface area contributed by atoms with Crippen LogP contribution in [-0.2, 0) is 14.3 Å². The molecule has 7 heteroatoms. The Morgan fingerprint density at radius 1 is 1.00 bits per heavy atom. The molecule has 0 spiro atoms. The molecule has 1 aliphatic carbocycles. The fourth-order valence-corrected chi connectivity index (χ4v) is 4.94. The molecule has 2 aromatic rings. The van der Waals surface area contributed by atoms with Crippen molar-refractivity contribution < 1.29 is 27.9 Å². The van der Waals surface area contributed by atoms with Gasteiger partial charge in [0.2, 0.25) is 5.91 Å². The van der Waals surface area contributed by atoms with Crippen molar-refractivity contribution in [3.63, 3.8) is 0 Å². The van der Waals surface area contributed by atoms with Gasteiger partial charge in [-0.1, -0.05) is 38.1 Å². The van der Waals surface area contributed by atoms with E-state index in [9.17, 15) is 23.2 Å². The third-order valence-electron chi connectivity index (χ3n) is 6.32. The van der Waals surface area contributed by atoms with Gasteiger partial charge in [-0.15, -0.1) is 0 Å². The average molecular weight is 441 g/mol. The van der Waals surface area contributed by atoms with E-state index in [-0.39, 0.29) is 24.7 Å². The van der Waals surface area contributed by atoms with Crippen LogP contribution in [0.1, 0.15) is 49.7 Å². The van der Waals surface area contributed by atoms with Crippen LogP contribution in [0.5, 0.6) is 0 Å². The van der Waals surface area contributed by atoms with Crippen LogP contribution in [0.15, 0.2) is 48.5 Å². The van der Waals surface area contributed by atoms with E-state index >= 15 is 0 Å². The molecule has 0 N–H and O–H groups in total. The van der Waals surface area contributed by atoms with Gasteiger partial charge in [0.25, 0.3) is 0 Å². The van der Waals surface area contributed by atoms with E-state index in [1.54, 1.807) is 24.3 Å². The normalized spacial score (nSPS) is 25.5. The summed E-state index contributed by atoms with van der Waals surface area (Å²) < 4.78 is 32.2. The maximum atomic E-state index is 13.6. The average Bonchev–Trinajstić information content (AvgIpc) is 3.28. The second kappa shape index (κ2) is 8.81. The van der Waals surface area contributed by atoms with Crippen LogP contribution in [0.2, 0.25) is 0 Å². The Morgan fingerprint density at radius 3 is 2.12 bits per heavy atom. The first-order chi connectivity index (χ1) is 15.3. The van der Waals surface area contributed by atoms with E-state index < -0.39 is 47.4 Å². The van der Waals surface area contributed by atoms with Gasteiger partial charge in [0.05, 0.1) is 6.04 Å². The van der Waals surface area contributed by atoms with E-state index in [1.807, 2.05) is 13.8 Å². The Kier molecular flexibility index (Phi) is 6.09. The van der Waals surface area contributed by atoms with Crippen molar-refractivity contribution in [2.24, 2.45) is 11.8 Å². The van der Waals surface area contributed by atoms with Crippen molar-refractivity contribution in [2.45, 2.75) is 44.6 Å². The first-order valence-electron chi connectivity index (χ1n) is 10.8. The van der Waals surface area contributed by atoms with Gasteiger partial charge in [0, 0.05) is 12.3 Å². The molecule has 2 fully saturated rings. The molecule has 1 saturated heterocycles. The van der Waals surface area contributed by atoms with Gasteiger partial charge in [0.1, 0.15) is 29.9 Å². The number of amides is 2. The molecule has 2 amide bonds. The molecule has 2 aliphatic rings. The number of cyclic esters (lactones) is 1. The summed E-state index contributed by atoms with van der Waals surface area (Å²) in [7, 11) is 0. The maximum Gasteiger partial charge on any atom is 0.416 e. The van der Waals surface area contributed by atoms with E-state index in [1.165, 1.54) is 24.3 Å². The summed E-state index contributed by atoms with van der Waals surface area (Å²) in [5.41, 5.74) is 1.34. The second-order valence-electron chi connectivity index (χ2n) is 8.95. The summed E-state index contributed by atoms with van der Waals surface area (Å²) >= 11 is 0. The summed E-state index contributed by atoms with van der Waals surface area (Å²) in [6, 6.07) is 11.1. The van der Waals surface area contributed by atoms with Crippen LogP contribution < -0.4 is 0 Å². The van der Waals surface area contributed by atoms with E-state index in [4.69, 9.17) is 4.74 Å². The van der Waals surface area contributed by atoms with Crippen molar-refractivity contribution in [1.82, 2.24) is 4.90 Å². The van der Waals surface area contributed by atoms with Crippen LogP contribution in [0, 0.1) is 23.5 Å². The summed E-state index contributed by atoms with van der Waals surface area (Å²) in [6.45, 7) is 4.07. The maximum absolute atomic E-state index is 13.6. The number of hydrogen-bond donors (Lipinski definition) is 0. The molecule has 0 aromatic heterocycles. The summed E-state index contributed by atoms with van der Waals surface area (Å²) in [5.74, 6) is -3.58. The minimum atomic E-state index is -1.10. The van der Waals surface area contributed by atoms with Gasteiger partial charge in [-0.05, 0) is 53.6 Å². The molecule has 168 valence electrons. The Morgan fingerprint density at radius 2 is 1.56 bits per heavy atom. The lowest BCUT2D eigenvalue weighted by molar-refractivity contribution is -0.138. The van der Waals surface area contributed by atoms with Crippen molar-refractivity contribution in [2.75, 3.05) is 6.61 Å². The summed E-state index contributed by atoms with van der Waals surface area (Å²) in [5, 5.41) is 0. The zero-order chi connectivity index (χ0) is 23.0. The van der Waals surface area contributed by atoms with Crippen LogP contribution in [-0.4, -0.2) is 35.3 Å². The van der Waals surface area contributed by atoms with Crippen molar-refractivity contribution in [1.29, 1.82) is 0 Å². The highest BCUT2D eigenvalue weighted by Crippen LogP contribution is 2.49. The topological polar surface area (TPSA) is 63.7 Å². The number of hydrogen-bond acceptors (Lipinski definition) is 4. The second-order valence-corrected chi connectivity index (χ2v) is 8.95. The first kappa shape index (κ1) is 22.1. The van der Waals surface area contributed by atoms with Crippen LogP contribution in [0.4, 0.5) is 13.6 Å². The Bertz CT molecular complexity index is 1020.